The monoisotopic (exact) mass is 273 g/mol. The van der Waals surface area contributed by atoms with Crippen LogP contribution in [-0.2, 0) is 11.2 Å². The minimum absolute atomic E-state index is 0.0745. The second-order valence-electron chi connectivity index (χ2n) is 3.32. The van der Waals surface area contributed by atoms with Crippen LogP contribution in [0.15, 0.2) is 22.7 Å². The summed E-state index contributed by atoms with van der Waals surface area (Å²) in [4.78, 5) is 13.1. The van der Waals surface area contributed by atoms with E-state index in [4.69, 9.17) is 0 Å². The van der Waals surface area contributed by atoms with E-state index in [0.717, 1.165) is 4.47 Å². The number of rotatable bonds is 3. The number of amides is 1. The SMILES string of the molecule is CCN(C)C(=O)Cc1cc(Br)ccc1F. The number of benzene rings is 1. The van der Waals surface area contributed by atoms with E-state index in [0.29, 0.717) is 12.1 Å². The van der Waals surface area contributed by atoms with Crippen molar-refractivity contribution >= 4 is 21.8 Å². The van der Waals surface area contributed by atoms with Gasteiger partial charge in [-0.05, 0) is 30.7 Å². The number of carbonyl (C=O) groups is 1. The summed E-state index contributed by atoms with van der Waals surface area (Å²) in [6.07, 6.45) is 0.107. The van der Waals surface area contributed by atoms with Crippen LogP contribution in [0.5, 0.6) is 0 Å². The van der Waals surface area contributed by atoms with E-state index in [9.17, 15) is 9.18 Å². The van der Waals surface area contributed by atoms with Gasteiger partial charge in [0.05, 0.1) is 6.42 Å². The molecular weight excluding hydrogens is 261 g/mol. The highest BCUT2D eigenvalue weighted by Gasteiger charge is 2.11. The summed E-state index contributed by atoms with van der Waals surface area (Å²) in [5.41, 5.74) is 0.426. The van der Waals surface area contributed by atoms with E-state index >= 15 is 0 Å². The molecule has 2 nitrogen and oxygen atoms in total. The zero-order valence-electron chi connectivity index (χ0n) is 8.76. The molecule has 4 heteroatoms. The van der Waals surface area contributed by atoms with Gasteiger partial charge < -0.3 is 4.90 Å². The Kier molecular flexibility index (Phi) is 4.27. The molecule has 0 saturated heterocycles. The molecule has 0 bridgehead atoms. The van der Waals surface area contributed by atoms with E-state index in [2.05, 4.69) is 15.9 Å². The average molecular weight is 274 g/mol. The van der Waals surface area contributed by atoms with Gasteiger partial charge in [-0.15, -0.1) is 0 Å². The molecule has 0 radical (unpaired) electrons. The van der Waals surface area contributed by atoms with Gasteiger partial charge in [0.15, 0.2) is 0 Å². The van der Waals surface area contributed by atoms with Crippen LogP contribution in [0.1, 0.15) is 12.5 Å². The Bertz CT molecular complexity index is 368. The predicted molar refractivity (Wildman–Crippen MR) is 61.1 cm³/mol. The van der Waals surface area contributed by atoms with E-state index in [1.807, 2.05) is 6.92 Å². The van der Waals surface area contributed by atoms with Crippen LogP contribution in [0.2, 0.25) is 0 Å². The summed E-state index contributed by atoms with van der Waals surface area (Å²) in [7, 11) is 1.71. The third kappa shape index (κ3) is 3.30. The standard InChI is InChI=1S/C11H13BrFNO/c1-3-14(2)11(15)7-8-6-9(12)4-5-10(8)13/h4-6H,3,7H2,1-2H3. The second kappa shape index (κ2) is 5.26. The fourth-order valence-corrected chi connectivity index (χ4v) is 1.56. The molecule has 1 amide bonds. The molecule has 1 rings (SSSR count). The smallest absolute Gasteiger partial charge is 0.226 e. The molecule has 0 aliphatic rings. The Morgan fingerprint density at radius 2 is 2.20 bits per heavy atom. The quantitative estimate of drug-likeness (QED) is 0.829. The van der Waals surface area contributed by atoms with Crippen LogP contribution < -0.4 is 0 Å². The van der Waals surface area contributed by atoms with Crippen molar-refractivity contribution in [1.82, 2.24) is 4.90 Å². The van der Waals surface area contributed by atoms with Crippen LogP contribution in [0.25, 0.3) is 0 Å². The van der Waals surface area contributed by atoms with Gasteiger partial charge in [-0.2, -0.15) is 0 Å². The predicted octanol–water partition coefficient (Wildman–Crippen LogP) is 2.61. The van der Waals surface area contributed by atoms with Gasteiger partial charge in [0.25, 0.3) is 0 Å². The topological polar surface area (TPSA) is 20.3 Å². The number of halogens is 2. The van der Waals surface area contributed by atoms with Crippen LogP contribution in [0.3, 0.4) is 0 Å². The van der Waals surface area contributed by atoms with Crippen molar-refractivity contribution in [2.75, 3.05) is 13.6 Å². The van der Waals surface area contributed by atoms with E-state index in [-0.39, 0.29) is 18.1 Å². The van der Waals surface area contributed by atoms with Crippen molar-refractivity contribution in [3.05, 3.63) is 34.1 Å². The van der Waals surface area contributed by atoms with Gasteiger partial charge in [0.2, 0.25) is 5.91 Å². The summed E-state index contributed by atoms with van der Waals surface area (Å²) < 4.78 is 14.1. The van der Waals surface area contributed by atoms with Crippen molar-refractivity contribution in [3.63, 3.8) is 0 Å². The van der Waals surface area contributed by atoms with Crippen molar-refractivity contribution < 1.29 is 9.18 Å². The Hall–Kier alpha value is -0.900. The first kappa shape index (κ1) is 12.2. The third-order valence-corrected chi connectivity index (χ3v) is 2.74. The second-order valence-corrected chi connectivity index (χ2v) is 4.24. The molecule has 1 aromatic rings. The third-order valence-electron chi connectivity index (χ3n) is 2.25. The minimum Gasteiger partial charge on any atom is -0.346 e. The van der Waals surface area contributed by atoms with Gasteiger partial charge in [-0.1, -0.05) is 15.9 Å². The number of hydrogen-bond acceptors (Lipinski definition) is 1. The first-order chi connectivity index (χ1) is 7.04. The maximum absolute atomic E-state index is 13.3. The lowest BCUT2D eigenvalue weighted by atomic mass is 10.1. The Morgan fingerprint density at radius 3 is 2.80 bits per heavy atom. The zero-order chi connectivity index (χ0) is 11.4. The molecule has 0 fully saturated rings. The zero-order valence-corrected chi connectivity index (χ0v) is 10.3. The summed E-state index contributed by atoms with van der Waals surface area (Å²) in [5, 5.41) is 0. The van der Waals surface area contributed by atoms with Gasteiger partial charge >= 0.3 is 0 Å². The number of likely N-dealkylation sites (N-methyl/N-ethyl adjacent to an activating group) is 1. The molecule has 0 spiro atoms. The van der Waals surface area contributed by atoms with Crippen LogP contribution in [0.4, 0.5) is 4.39 Å². The van der Waals surface area contributed by atoms with Crippen molar-refractivity contribution in [1.29, 1.82) is 0 Å². The lowest BCUT2D eigenvalue weighted by Gasteiger charge is -2.14. The van der Waals surface area contributed by atoms with Gasteiger partial charge in [-0.3, -0.25) is 4.79 Å². The number of nitrogens with zero attached hydrogens (tertiary/aromatic N) is 1. The number of hydrogen-bond donors (Lipinski definition) is 0. The van der Waals surface area contributed by atoms with E-state index < -0.39 is 0 Å². The van der Waals surface area contributed by atoms with Crippen LogP contribution >= 0.6 is 15.9 Å². The molecule has 82 valence electrons. The fourth-order valence-electron chi connectivity index (χ4n) is 1.15. The maximum Gasteiger partial charge on any atom is 0.226 e. The van der Waals surface area contributed by atoms with Crippen molar-refractivity contribution in [2.45, 2.75) is 13.3 Å². The maximum atomic E-state index is 13.3. The van der Waals surface area contributed by atoms with Gasteiger partial charge in [0.1, 0.15) is 5.82 Å². The van der Waals surface area contributed by atoms with E-state index in [1.54, 1.807) is 24.1 Å². The highest BCUT2D eigenvalue weighted by atomic mass is 79.9. The largest absolute Gasteiger partial charge is 0.346 e. The van der Waals surface area contributed by atoms with E-state index in [1.165, 1.54) is 6.07 Å². The lowest BCUT2D eigenvalue weighted by Crippen LogP contribution is -2.28. The Labute approximate surface area is 97.2 Å². The van der Waals surface area contributed by atoms with Crippen molar-refractivity contribution in [2.24, 2.45) is 0 Å². The molecule has 0 unspecified atom stereocenters. The molecule has 0 aromatic heterocycles. The van der Waals surface area contributed by atoms with Crippen LogP contribution in [-0.4, -0.2) is 24.4 Å². The fraction of sp³-hybridized carbons (Fsp3) is 0.364. The Morgan fingerprint density at radius 1 is 1.53 bits per heavy atom. The average Bonchev–Trinajstić information content (AvgIpc) is 2.22. The summed E-state index contributed by atoms with van der Waals surface area (Å²) in [6.45, 7) is 2.52. The first-order valence-corrected chi connectivity index (χ1v) is 5.51. The van der Waals surface area contributed by atoms with Gasteiger partial charge in [-0.25, -0.2) is 4.39 Å². The highest BCUT2D eigenvalue weighted by Crippen LogP contribution is 2.16. The lowest BCUT2D eigenvalue weighted by molar-refractivity contribution is -0.129. The highest BCUT2D eigenvalue weighted by molar-refractivity contribution is 9.10. The normalized spacial score (nSPS) is 10.1. The summed E-state index contributed by atoms with van der Waals surface area (Å²) >= 11 is 3.25. The Balaban J connectivity index is 2.80. The van der Waals surface area contributed by atoms with Gasteiger partial charge in [0, 0.05) is 18.1 Å². The van der Waals surface area contributed by atoms with Crippen LogP contribution in [0, 0.1) is 5.82 Å². The summed E-state index contributed by atoms with van der Waals surface area (Å²) in [5.74, 6) is -0.412. The first-order valence-electron chi connectivity index (χ1n) is 4.72. The minimum atomic E-state index is -0.337. The molecule has 0 saturated carbocycles. The number of carbonyl (C=O) groups excluding carboxylic acids is 1. The molecule has 1 aromatic carbocycles. The molecular formula is C11H13BrFNO. The molecule has 0 heterocycles. The molecule has 0 atom stereocenters. The molecule has 0 aliphatic heterocycles. The molecule has 0 N–H and O–H groups in total. The van der Waals surface area contributed by atoms with Crippen molar-refractivity contribution in [3.8, 4) is 0 Å². The molecule has 15 heavy (non-hydrogen) atoms. The molecule has 0 aliphatic carbocycles. The summed E-state index contributed by atoms with van der Waals surface area (Å²) in [6, 6.07) is 4.61.